The molecule has 1 saturated heterocycles. The van der Waals surface area contributed by atoms with Gasteiger partial charge in [-0.1, -0.05) is 17.7 Å². The van der Waals surface area contributed by atoms with E-state index in [-0.39, 0.29) is 17.9 Å². The fourth-order valence-electron chi connectivity index (χ4n) is 3.26. The Balaban J connectivity index is 1.53. The van der Waals surface area contributed by atoms with Crippen LogP contribution in [0.1, 0.15) is 29.2 Å². The number of ether oxygens (including phenoxy) is 2. The fourth-order valence-corrected chi connectivity index (χ4v) is 3.26. The van der Waals surface area contributed by atoms with Gasteiger partial charge in [0.25, 0.3) is 0 Å². The average molecular weight is 344 g/mol. The summed E-state index contributed by atoms with van der Waals surface area (Å²) in [5.74, 6) is 0.945. The van der Waals surface area contributed by atoms with E-state index >= 15 is 0 Å². The number of carbonyl (C=O) groups excluding carboxylic acids is 1. The van der Waals surface area contributed by atoms with E-state index in [4.69, 9.17) is 9.47 Å². The van der Waals surface area contributed by atoms with Crippen LogP contribution in [0, 0.1) is 13.8 Å². The lowest BCUT2D eigenvalue weighted by atomic mass is 10.0. The standard InChI is InChI=1S/C18H24N4O3/c1-12-4-5-16(13(2)8-12)25-7-6-18(23)22-10-14(17(11-22)24-3)15-9-19-21-20-15/h4-5,8-9,14,17H,6-7,10-11H2,1-3H3,(H,19,20,21)/t14-,17+/m0/s1. The summed E-state index contributed by atoms with van der Waals surface area (Å²) < 4.78 is 11.3. The number of likely N-dealkylation sites (tertiary alicyclic amines) is 1. The van der Waals surface area contributed by atoms with Gasteiger partial charge in [-0.3, -0.25) is 4.79 Å². The second-order valence-electron chi connectivity index (χ2n) is 6.44. The Hall–Kier alpha value is -2.41. The van der Waals surface area contributed by atoms with Crippen molar-refractivity contribution in [2.24, 2.45) is 0 Å². The second kappa shape index (κ2) is 7.65. The molecule has 0 saturated carbocycles. The maximum atomic E-state index is 12.5. The predicted molar refractivity (Wildman–Crippen MR) is 92.5 cm³/mol. The third-order valence-corrected chi connectivity index (χ3v) is 4.64. The van der Waals surface area contributed by atoms with Gasteiger partial charge in [-0.25, -0.2) is 0 Å². The van der Waals surface area contributed by atoms with Crippen LogP contribution >= 0.6 is 0 Å². The molecule has 1 N–H and O–H groups in total. The van der Waals surface area contributed by atoms with E-state index in [0.29, 0.717) is 26.1 Å². The number of aromatic amines is 1. The molecule has 1 aromatic carbocycles. The van der Waals surface area contributed by atoms with Crippen molar-refractivity contribution in [2.75, 3.05) is 26.8 Å². The minimum absolute atomic E-state index is 0.0490. The minimum atomic E-state index is -0.0608. The van der Waals surface area contributed by atoms with Gasteiger partial charge in [0, 0.05) is 20.2 Å². The monoisotopic (exact) mass is 344 g/mol. The van der Waals surface area contributed by atoms with Crippen LogP contribution in [0.25, 0.3) is 0 Å². The summed E-state index contributed by atoms with van der Waals surface area (Å²) in [7, 11) is 1.66. The first-order valence-corrected chi connectivity index (χ1v) is 8.44. The van der Waals surface area contributed by atoms with Gasteiger partial charge in [-0.15, -0.1) is 0 Å². The van der Waals surface area contributed by atoms with Crippen LogP contribution in [0.15, 0.2) is 24.4 Å². The molecule has 1 aliphatic rings. The molecule has 2 atom stereocenters. The minimum Gasteiger partial charge on any atom is -0.493 e. The molecule has 134 valence electrons. The van der Waals surface area contributed by atoms with Crippen molar-refractivity contribution in [3.8, 4) is 5.75 Å². The molecule has 0 unspecified atom stereocenters. The number of H-pyrrole nitrogens is 1. The number of hydrogen-bond donors (Lipinski definition) is 1. The Morgan fingerprint density at radius 1 is 1.36 bits per heavy atom. The van der Waals surface area contributed by atoms with Crippen molar-refractivity contribution in [2.45, 2.75) is 32.3 Å². The van der Waals surface area contributed by atoms with Gasteiger partial charge in [0.05, 0.1) is 36.9 Å². The molecule has 1 fully saturated rings. The van der Waals surface area contributed by atoms with E-state index in [0.717, 1.165) is 17.0 Å². The molecule has 2 heterocycles. The molecule has 0 spiro atoms. The number of methoxy groups -OCH3 is 1. The summed E-state index contributed by atoms with van der Waals surface area (Å²) in [5, 5.41) is 10.6. The van der Waals surface area contributed by atoms with Crippen LogP contribution in [0.2, 0.25) is 0 Å². The van der Waals surface area contributed by atoms with E-state index in [1.807, 2.05) is 30.9 Å². The second-order valence-corrected chi connectivity index (χ2v) is 6.44. The third-order valence-electron chi connectivity index (χ3n) is 4.64. The van der Waals surface area contributed by atoms with Gasteiger partial charge >= 0.3 is 0 Å². The summed E-state index contributed by atoms with van der Waals surface area (Å²) in [4.78, 5) is 14.3. The Morgan fingerprint density at radius 2 is 2.20 bits per heavy atom. The maximum absolute atomic E-state index is 12.5. The van der Waals surface area contributed by atoms with Gasteiger partial charge in [-0.2, -0.15) is 15.4 Å². The molecular formula is C18H24N4O3. The maximum Gasteiger partial charge on any atom is 0.226 e. The van der Waals surface area contributed by atoms with Crippen LogP contribution in [0.5, 0.6) is 5.75 Å². The number of benzene rings is 1. The zero-order valence-corrected chi connectivity index (χ0v) is 14.9. The summed E-state index contributed by atoms with van der Waals surface area (Å²) in [5.41, 5.74) is 3.11. The molecule has 1 amide bonds. The van der Waals surface area contributed by atoms with Crippen LogP contribution in [-0.4, -0.2) is 59.1 Å². The van der Waals surface area contributed by atoms with Gasteiger partial charge < -0.3 is 14.4 Å². The molecule has 25 heavy (non-hydrogen) atoms. The molecule has 2 aromatic rings. The molecule has 0 bridgehead atoms. The Bertz CT molecular complexity index is 717. The lowest BCUT2D eigenvalue weighted by Crippen LogP contribution is -2.30. The summed E-state index contributed by atoms with van der Waals surface area (Å²) >= 11 is 0. The van der Waals surface area contributed by atoms with Gasteiger partial charge in [0.15, 0.2) is 0 Å². The smallest absolute Gasteiger partial charge is 0.226 e. The van der Waals surface area contributed by atoms with Crippen molar-refractivity contribution >= 4 is 5.91 Å². The molecule has 1 aromatic heterocycles. The van der Waals surface area contributed by atoms with Crippen molar-refractivity contribution in [1.29, 1.82) is 0 Å². The molecular weight excluding hydrogens is 320 g/mol. The Kier molecular flexibility index (Phi) is 5.33. The van der Waals surface area contributed by atoms with Crippen molar-refractivity contribution in [3.05, 3.63) is 41.2 Å². The zero-order valence-electron chi connectivity index (χ0n) is 14.9. The predicted octanol–water partition coefficient (Wildman–Crippen LogP) is 1.83. The highest BCUT2D eigenvalue weighted by atomic mass is 16.5. The molecule has 7 heteroatoms. The molecule has 7 nitrogen and oxygen atoms in total. The summed E-state index contributed by atoms with van der Waals surface area (Å²) in [6.07, 6.45) is 1.97. The lowest BCUT2D eigenvalue weighted by Gasteiger charge is -2.16. The summed E-state index contributed by atoms with van der Waals surface area (Å²) in [6.45, 7) is 5.58. The molecule has 1 aliphatic heterocycles. The van der Waals surface area contributed by atoms with Crippen molar-refractivity contribution in [1.82, 2.24) is 20.3 Å². The van der Waals surface area contributed by atoms with Crippen LogP contribution in [-0.2, 0) is 9.53 Å². The van der Waals surface area contributed by atoms with E-state index in [9.17, 15) is 4.79 Å². The lowest BCUT2D eigenvalue weighted by molar-refractivity contribution is -0.131. The van der Waals surface area contributed by atoms with E-state index in [2.05, 4.69) is 21.5 Å². The van der Waals surface area contributed by atoms with Crippen molar-refractivity contribution in [3.63, 3.8) is 0 Å². The highest BCUT2D eigenvalue weighted by Crippen LogP contribution is 2.28. The Labute approximate surface area is 147 Å². The van der Waals surface area contributed by atoms with Gasteiger partial charge in [0.2, 0.25) is 5.91 Å². The first-order valence-electron chi connectivity index (χ1n) is 8.44. The van der Waals surface area contributed by atoms with E-state index in [1.54, 1.807) is 13.3 Å². The van der Waals surface area contributed by atoms with Gasteiger partial charge in [-0.05, 0) is 25.5 Å². The normalized spacial score (nSPS) is 20.0. The number of amides is 1. The number of aromatic nitrogens is 3. The van der Waals surface area contributed by atoms with E-state index in [1.165, 1.54) is 5.56 Å². The number of carbonyl (C=O) groups is 1. The third kappa shape index (κ3) is 3.99. The number of rotatable bonds is 6. The van der Waals surface area contributed by atoms with Crippen LogP contribution in [0.4, 0.5) is 0 Å². The molecule has 0 radical (unpaired) electrons. The highest BCUT2D eigenvalue weighted by molar-refractivity contribution is 5.76. The average Bonchev–Trinajstić information content (AvgIpc) is 3.25. The molecule has 3 rings (SSSR count). The van der Waals surface area contributed by atoms with Crippen LogP contribution in [0.3, 0.4) is 0 Å². The largest absolute Gasteiger partial charge is 0.493 e. The number of nitrogens with one attached hydrogen (secondary N) is 1. The topological polar surface area (TPSA) is 80.3 Å². The highest BCUT2D eigenvalue weighted by Gasteiger charge is 2.37. The first-order chi connectivity index (χ1) is 12.1. The number of nitrogens with zero attached hydrogens (tertiary/aromatic N) is 3. The van der Waals surface area contributed by atoms with Gasteiger partial charge in [0.1, 0.15) is 5.75 Å². The number of hydrogen-bond acceptors (Lipinski definition) is 5. The SMILES string of the molecule is CO[C@@H]1CN(C(=O)CCOc2ccc(C)cc2C)C[C@H]1c1cn[nH]n1. The Morgan fingerprint density at radius 3 is 2.88 bits per heavy atom. The first kappa shape index (κ1) is 17.4. The van der Waals surface area contributed by atoms with Crippen LogP contribution < -0.4 is 4.74 Å². The summed E-state index contributed by atoms with van der Waals surface area (Å²) in [6, 6.07) is 6.03. The number of aryl methyl sites for hydroxylation is 2. The fraction of sp³-hybridized carbons (Fsp3) is 0.500. The molecule has 0 aliphatic carbocycles. The zero-order chi connectivity index (χ0) is 17.8. The van der Waals surface area contributed by atoms with Crippen molar-refractivity contribution < 1.29 is 14.3 Å². The van der Waals surface area contributed by atoms with E-state index < -0.39 is 0 Å². The quantitative estimate of drug-likeness (QED) is 0.865.